The second kappa shape index (κ2) is 5.16. The smallest absolute Gasteiger partial charge is 0.382 e. The standard InChI is InChI=1S/C13H15F4N/c14-10-4-6-11(7-5-10)18-12-3-1-2-9(8-12)13(15,16)17/h4-7,9,12,18H,1-3,8H2. The minimum Gasteiger partial charge on any atom is -0.382 e. The molecule has 0 aliphatic heterocycles. The lowest BCUT2D eigenvalue weighted by atomic mass is 9.85. The highest BCUT2D eigenvalue weighted by Gasteiger charge is 2.42. The Morgan fingerprint density at radius 2 is 1.72 bits per heavy atom. The molecule has 0 amide bonds. The van der Waals surface area contributed by atoms with E-state index in [9.17, 15) is 17.6 Å². The van der Waals surface area contributed by atoms with Crippen molar-refractivity contribution < 1.29 is 17.6 Å². The molecule has 1 fully saturated rings. The van der Waals surface area contributed by atoms with Crippen LogP contribution in [0.2, 0.25) is 0 Å². The van der Waals surface area contributed by atoms with Crippen LogP contribution in [0.5, 0.6) is 0 Å². The lowest BCUT2D eigenvalue weighted by molar-refractivity contribution is -0.182. The number of hydrogen-bond donors (Lipinski definition) is 1. The average Bonchev–Trinajstić information content (AvgIpc) is 2.31. The molecule has 1 saturated carbocycles. The van der Waals surface area contributed by atoms with Crippen LogP contribution in [-0.2, 0) is 0 Å². The molecule has 5 heteroatoms. The molecule has 1 N–H and O–H groups in total. The lowest BCUT2D eigenvalue weighted by Gasteiger charge is -2.31. The zero-order valence-electron chi connectivity index (χ0n) is 9.80. The predicted octanol–water partition coefficient (Wildman–Crippen LogP) is 4.36. The van der Waals surface area contributed by atoms with Crippen LogP contribution in [0.4, 0.5) is 23.2 Å². The van der Waals surface area contributed by atoms with Gasteiger partial charge < -0.3 is 5.32 Å². The maximum absolute atomic E-state index is 12.7. The first kappa shape index (κ1) is 13.2. The number of nitrogens with one attached hydrogen (secondary N) is 1. The molecule has 1 aliphatic carbocycles. The maximum Gasteiger partial charge on any atom is 0.391 e. The summed E-state index contributed by atoms with van der Waals surface area (Å²) in [5, 5.41) is 3.04. The summed E-state index contributed by atoms with van der Waals surface area (Å²) in [5.74, 6) is -1.57. The summed E-state index contributed by atoms with van der Waals surface area (Å²) < 4.78 is 50.6. The van der Waals surface area contributed by atoms with Crippen LogP contribution in [0.15, 0.2) is 24.3 Å². The molecule has 18 heavy (non-hydrogen) atoms. The molecule has 2 unspecified atom stereocenters. The third-order valence-corrected chi connectivity index (χ3v) is 3.35. The number of rotatable bonds is 2. The van der Waals surface area contributed by atoms with Gasteiger partial charge in [0.05, 0.1) is 5.92 Å². The van der Waals surface area contributed by atoms with E-state index >= 15 is 0 Å². The fraction of sp³-hybridized carbons (Fsp3) is 0.538. The van der Waals surface area contributed by atoms with Crippen LogP contribution in [0.25, 0.3) is 0 Å². The lowest BCUT2D eigenvalue weighted by Crippen LogP contribution is -2.34. The van der Waals surface area contributed by atoms with E-state index in [1.165, 1.54) is 12.1 Å². The van der Waals surface area contributed by atoms with Crippen molar-refractivity contribution in [2.45, 2.75) is 37.9 Å². The van der Waals surface area contributed by atoms with Gasteiger partial charge >= 0.3 is 6.18 Å². The third-order valence-electron chi connectivity index (χ3n) is 3.35. The predicted molar refractivity (Wildman–Crippen MR) is 61.8 cm³/mol. The van der Waals surface area contributed by atoms with Crippen LogP contribution in [0, 0.1) is 11.7 Å². The molecule has 0 aromatic heterocycles. The molecule has 0 heterocycles. The molecule has 2 rings (SSSR count). The van der Waals surface area contributed by atoms with Crippen LogP contribution < -0.4 is 5.32 Å². The van der Waals surface area contributed by atoms with E-state index in [1.54, 1.807) is 12.1 Å². The molecular weight excluding hydrogens is 246 g/mol. The van der Waals surface area contributed by atoms with Gasteiger partial charge in [-0.05, 0) is 43.5 Å². The van der Waals surface area contributed by atoms with Crippen LogP contribution in [-0.4, -0.2) is 12.2 Å². The van der Waals surface area contributed by atoms with E-state index in [1.807, 2.05) is 0 Å². The van der Waals surface area contributed by atoms with E-state index in [4.69, 9.17) is 0 Å². The van der Waals surface area contributed by atoms with Crippen molar-refractivity contribution in [1.29, 1.82) is 0 Å². The summed E-state index contributed by atoms with van der Waals surface area (Å²) in [6.45, 7) is 0. The molecule has 1 aliphatic rings. The van der Waals surface area contributed by atoms with Crippen LogP contribution in [0.1, 0.15) is 25.7 Å². The average molecular weight is 261 g/mol. The van der Waals surface area contributed by atoms with E-state index in [2.05, 4.69) is 5.32 Å². The summed E-state index contributed by atoms with van der Waals surface area (Å²) in [6.07, 6.45) is -2.50. The van der Waals surface area contributed by atoms with Gasteiger partial charge in [-0.2, -0.15) is 13.2 Å². The van der Waals surface area contributed by atoms with Crippen LogP contribution >= 0.6 is 0 Å². The first-order valence-electron chi connectivity index (χ1n) is 6.04. The number of alkyl halides is 3. The fourth-order valence-corrected chi connectivity index (χ4v) is 2.40. The summed E-state index contributed by atoms with van der Waals surface area (Å²) in [5.41, 5.74) is 0.671. The van der Waals surface area contributed by atoms with E-state index in [0.29, 0.717) is 12.1 Å². The van der Waals surface area contributed by atoms with E-state index < -0.39 is 12.1 Å². The van der Waals surface area contributed by atoms with Crippen LogP contribution in [0.3, 0.4) is 0 Å². The summed E-state index contributed by atoms with van der Waals surface area (Å²) in [6, 6.07) is 5.51. The topological polar surface area (TPSA) is 12.0 Å². The van der Waals surface area contributed by atoms with Crippen molar-refractivity contribution in [3.63, 3.8) is 0 Å². The Labute approximate surface area is 103 Å². The highest BCUT2D eigenvalue weighted by molar-refractivity contribution is 5.43. The summed E-state index contributed by atoms with van der Waals surface area (Å²) in [4.78, 5) is 0. The molecule has 0 spiro atoms. The Bertz CT molecular complexity index is 385. The van der Waals surface area contributed by atoms with Crippen molar-refractivity contribution in [3.05, 3.63) is 30.1 Å². The summed E-state index contributed by atoms with van der Waals surface area (Å²) >= 11 is 0. The Balaban J connectivity index is 1.95. The van der Waals surface area contributed by atoms with Gasteiger partial charge in [-0.25, -0.2) is 4.39 Å². The largest absolute Gasteiger partial charge is 0.391 e. The summed E-state index contributed by atoms with van der Waals surface area (Å²) in [7, 11) is 0. The third kappa shape index (κ3) is 3.37. The Morgan fingerprint density at radius 3 is 2.33 bits per heavy atom. The Kier molecular flexibility index (Phi) is 3.78. The van der Waals surface area contributed by atoms with E-state index in [-0.39, 0.29) is 24.7 Å². The molecule has 0 bridgehead atoms. The maximum atomic E-state index is 12.7. The van der Waals surface area contributed by atoms with Gasteiger partial charge in [-0.1, -0.05) is 6.42 Å². The van der Waals surface area contributed by atoms with Crippen molar-refractivity contribution in [2.75, 3.05) is 5.32 Å². The highest BCUT2D eigenvalue weighted by Crippen LogP contribution is 2.38. The zero-order valence-corrected chi connectivity index (χ0v) is 9.80. The van der Waals surface area contributed by atoms with Crippen molar-refractivity contribution >= 4 is 5.69 Å². The normalized spacial score (nSPS) is 24.9. The van der Waals surface area contributed by atoms with Gasteiger partial charge in [0.25, 0.3) is 0 Å². The monoisotopic (exact) mass is 261 g/mol. The fourth-order valence-electron chi connectivity index (χ4n) is 2.40. The minimum atomic E-state index is -4.11. The van der Waals surface area contributed by atoms with Gasteiger partial charge in [0.15, 0.2) is 0 Å². The van der Waals surface area contributed by atoms with Gasteiger partial charge in [0, 0.05) is 11.7 Å². The molecule has 2 atom stereocenters. The first-order chi connectivity index (χ1) is 8.45. The van der Waals surface area contributed by atoms with Crippen molar-refractivity contribution in [1.82, 2.24) is 0 Å². The molecule has 100 valence electrons. The first-order valence-corrected chi connectivity index (χ1v) is 6.04. The molecular formula is C13H15F4N. The van der Waals surface area contributed by atoms with Crippen molar-refractivity contribution in [2.24, 2.45) is 5.92 Å². The number of halogens is 4. The Morgan fingerprint density at radius 1 is 1.06 bits per heavy atom. The van der Waals surface area contributed by atoms with Gasteiger partial charge in [0.2, 0.25) is 0 Å². The van der Waals surface area contributed by atoms with Crippen molar-refractivity contribution in [3.8, 4) is 0 Å². The van der Waals surface area contributed by atoms with E-state index in [0.717, 1.165) is 6.42 Å². The minimum absolute atomic E-state index is 0.0981. The Hall–Kier alpha value is -1.26. The molecule has 1 nitrogen and oxygen atoms in total. The number of anilines is 1. The molecule has 1 aromatic carbocycles. The molecule has 0 radical (unpaired) electrons. The second-order valence-corrected chi connectivity index (χ2v) is 4.75. The zero-order chi connectivity index (χ0) is 13.2. The molecule has 1 aromatic rings. The molecule has 0 saturated heterocycles. The number of hydrogen-bond acceptors (Lipinski definition) is 1. The number of benzene rings is 1. The van der Waals surface area contributed by atoms with Gasteiger partial charge in [-0.15, -0.1) is 0 Å². The second-order valence-electron chi connectivity index (χ2n) is 4.75. The SMILES string of the molecule is Fc1ccc(NC2CCCC(C(F)(F)F)C2)cc1. The quantitative estimate of drug-likeness (QED) is 0.780. The van der Waals surface area contributed by atoms with Gasteiger partial charge in [-0.3, -0.25) is 0 Å². The highest BCUT2D eigenvalue weighted by atomic mass is 19.4. The van der Waals surface area contributed by atoms with Gasteiger partial charge in [0.1, 0.15) is 5.82 Å².